The minimum absolute atomic E-state index is 0.559. The molecular formula is C15H10BrN3S. The van der Waals surface area contributed by atoms with E-state index in [0.717, 1.165) is 20.6 Å². The Bertz CT molecular complexity index is 852. The summed E-state index contributed by atoms with van der Waals surface area (Å²) >= 11 is 5.21. The average molecular weight is 344 g/mol. The van der Waals surface area contributed by atoms with Crippen LogP contribution in [0.2, 0.25) is 0 Å². The van der Waals surface area contributed by atoms with Crippen molar-refractivity contribution in [2.45, 2.75) is 18.9 Å². The number of rotatable bonds is 2. The van der Waals surface area contributed by atoms with Crippen molar-refractivity contribution >= 4 is 38.3 Å². The van der Waals surface area contributed by atoms with Crippen LogP contribution in [0.5, 0.6) is 0 Å². The lowest BCUT2D eigenvalue weighted by Gasteiger charge is -2.05. The molecule has 1 fully saturated rings. The van der Waals surface area contributed by atoms with Crippen molar-refractivity contribution in [1.82, 2.24) is 9.55 Å². The summed E-state index contributed by atoms with van der Waals surface area (Å²) in [5.74, 6) is 1.02. The highest BCUT2D eigenvalue weighted by atomic mass is 79.9. The molecule has 1 aliphatic rings. The first-order valence-electron chi connectivity index (χ1n) is 6.44. The number of hydrogen-bond acceptors (Lipinski definition) is 3. The Morgan fingerprint density at radius 3 is 2.80 bits per heavy atom. The molecule has 0 aliphatic heterocycles. The summed E-state index contributed by atoms with van der Waals surface area (Å²) < 4.78 is 3.44. The average Bonchev–Trinajstić information content (AvgIpc) is 3.09. The number of halogens is 1. The summed E-state index contributed by atoms with van der Waals surface area (Å²) in [5.41, 5.74) is 2.71. The Labute approximate surface area is 128 Å². The normalized spacial score (nSPS) is 14.6. The fourth-order valence-electron chi connectivity index (χ4n) is 2.48. The molecule has 0 N–H and O–H groups in total. The van der Waals surface area contributed by atoms with Gasteiger partial charge in [-0.2, -0.15) is 5.26 Å². The molecule has 3 nitrogen and oxygen atoms in total. The molecule has 98 valence electrons. The Balaban J connectivity index is 1.99. The predicted molar refractivity (Wildman–Crippen MR) is 83.7 cm³/mol. The fraction of sp³-hybridized carbons (Fsp3) is 0.200. The highest BCUT2D eigenvalue weighted by molar-refractivity contribution is 9.11. The van der Waals surface area contributed by atoms with Gasteiger partial charge in [0.15, 0.2) is 5.82 Å². The lowest BCUT2D eigenvalue weighted by Crippen LogP contribution is -1.95. The molecule has 3 aromatic rings. The molecule has 0 atom stereocenters. The molecule has 1 aliphatic carbocycles. The Morgan fingerprint density at radius 2 is 2.15 bits per heavy atom. The molecule has 20 heavy (non-hydrogen) atoms. The molecule has 0 unspecified atom stereocenters. The monoisotopic (exact) mass is 343 g/mol. The smallest absolute Gasteiger partial charge is 0.151 e. The molecular weight excluding hydrogens is 334 g/mol. The maximum Gasteiger partial charge on any atom is 0.151 e. The topological polar surface area (TPSA) is 41.6 Å². The number of thiophene rings is 1. The number of nitrogens with zero attached hydrogens (tertiary/aromatic N) is 3. The van der Waals surface area contributed by atoms with Crippen molar-refractivity contribution in [1.29, 1.82) is 5.26 Å². The highest BCUT2D eigenvalue weighted by Gasteiger charge is 2.29. The number of nitriles is 1. The zero-order valence-electron chi connectivity index (χ0n) is 10.5. The molecule has 0 radical (unpaired) electrons. The predicted octanol–water partition coefficient (Wildman–Crippen LogP) is 4.73. The van der Waals surface area contributed by atoms with E-state index in [9.17, 15) is 0 Å². The Hall–Kier alpha value is -1.64. The SMILES string of the molecule is N#Cc1ccc2c(c1)nc(-c1ccc(Br)s1)n2C1CC1. The van der Waals surface area contributed by atoms with E-state index in [1.54, 1.807) is 11.3 Å². The molecule has 2 heterocycles. The lowest BCUT2D eigenvalue weighted by molar-refractivity contribution is 0.777. The highest BCUT2D eigenvalue weighted by Crippen LogP contribution is 2.43. The van der Waals surface area contributed by atoms with Gasteiger partial charge in [0, 0.05) is 6.04 Å². The van der Waals surface area contributed by atoms with Gasteiger partial charge < -0.3 is 4.57 Å². The van der Waals surface area contributed by atoms with Crippen molar-refractivity contribution in [3.05, 3.63) is 39.7 Å². The maximum absolute atomic E-state index is 9.03. The zero-order valence-corrected chi connectivity index (χ0v) is 12.9. The first-order chi connectivity index (χ1) is 9.76. The van der Waals surface area contributed by atoms with Gasteiger partial charge in [0.25, 0.3) is 0 Å². The van der Waals surface area contributed by atoms with Gasteiger partial charge in [-0.05, 0) is 59.1 Å². The quantitative estimate of drug-likeness (QED) is 0.674. The van der Waals surface area contributed by atoms with Gasteiger partial charge in [-0.15, -0.1) is 11.3 Å². The maximum atomic E-state index is 9.03. The summed E-state index contributed by atoms with van der Waals surface area (Å²) in [4.78, 5) is 5.93. The van der Waals surface area contributed by atoms with Crippen LogP contribution in [0.3, 0.4) is 0 Å². The summed E-state index contributed by atoms with van der Waals surface area (Å²) in [6.45, 7) is 0. The van der Waals surface area contributed by atoms with E-state index in [2.05, 4.69) is 38.7 Å². The standard InChI is InChI=1S/C15H10BrN3S/c16-14-6-5-13(20-14)15-18-11-7-9(8-17)1-4-12(11)19(15)10-2-3-10/h1,4-7,10H,2-3H2. The summed E-state index contributed by atoms with van der Waals surface area (Å²) in [7, 11) is 0. The van der Waals surface area contributed by atoms with Gasteiger partial charge in [0.2, 0.25) is 0 Å². The molecule has 0 saturated heterocycles. The fourth-order valence-corrected chi connectivity index (χ4v) is 3.85. The Kier molecular flexibility index (Phi) is 2.69. The molecule has 1 aromatic carbocycles. The third-order valence-corrected chi connectivity index (χ3v) is 5.14. The van der Waals surface area contributed by atoms with Gasteiger partial charge in [-0.25, -0.2) is 4.98 Å². The second kappa shape index (κ2) is 4.44. The van der Waals surface area contributed by atoms with Crippen LogP contribution in [0.25, 0.3) is 21.7 Å². The van der Waals surface area contributed by atoms with Crippen molar-refractivity contribution in [3.63, 3.8) is 0 Å². The van der Waals surface area contributed by atoms with Gasteiger partial charge in [0.1, 0.15) is 0 Å². The van der Waals surface area contributed by atoms with Crippen LogP contribution in [0.15, 0.2) is 34.1 Å². The molecule has 0 bridgehead atoms. The van der Waals surface area contributed by atoms with Crippen molar-refractivity contribution in [2.24, 2.45) is 0 Å². The minimum atomic E-state index is 0.559. The molecule has 2 aromatic heterocycles. The number of hydrogen-bond donors (Lipinski definition) is 0. The van der Waals surface area contributed by atoms with E-state index in [1.165, 1.54) is 17.7 Å². The molecule has 0 amide bonds. The van der Waals surface area contributed by atoms with Crippen LogP contribution in [-0.2, 0) is 0 Å². The molecule has 1 saturated carbocycles. The van der Waals surface area contributed by atoms with Crippen LogP contribution >= 0.6 is 27.3 Å². The zero-order chi connectivity index (χ0) is 13.7. The van der Waals surface area contributed by atoms with Gasteiger partial charge in [0.05, 0.1) is 31.3 Å². The van der Waals surface area contributed by atoms with E-state index in [4.69, 9.17) is 10.2 Å². The third kappa shape index (κ3) is 1.88. The molecule has 5 heteroatoms. The minimum Gasteiger partial charge on any atom is -0.320 e. The van der Waals surface area contributed by atoms with Crippen molar-refractivity contribution in [3.8, 4) is 16.8 Å². The second-order valence-electron chi connectivity index (χ2n) is 4.96. The summed E-state index contributed by atoms with van der Waals surface area (Å²) in [6.07, 6.45) is 2.43. The first-order valence-corrected chi connectivity index (χ1v) is 8.05. The van der Waals surface area contributed by atoms with Crippen LogP contribution in [0.4, 0.5) is 0 Å². The molecule has 0 spiro atoms. The first kappa shape index (κ1) is 12.1. The van der Waals surface area contributed by atoms with Gasteiger partial charge >= 0.3 is 0 Å². The van der Waals surface area contributed by atoms with Crippen LogP contribution < -0.4 is 0 Å². The van der Waals surface area contributed by atoms with Crippen LogP contribution in [-0.4, -0.2) is 9.55 Å². The number of aromatic nitrogens is 2. The lowest BCUT2D eigenvalue weighted by atomic mass is 10.2. The van der Waals surface area contributed by atoms with Gasteiger partial charge in [-0.3, -0.25) is 0 Å². The van der Waals surface area contributed by atoms with E-state index in [0.29, 0.717) is 11.6 Å². The van der Waals surface area contributed by atoms with E-state index >= 15 is 0 Å². The summed E-state index contributed by atoms with van der Waals surface area (Å²) in [6, 6.07) is 12.7. The van der Waals surface area contributed by atoms with E-state index < -0.39 is 0 Å². The van der Waals surface area contributed by atoms with Crippen molar-refractivity contribution in [2.75, 3.05) is 0 Å². The number of benzene rings is 1. The Morgan fingerprint density at radius 1 is 1.30 bits per heavy atom. The van der Waals surface area contributed by atoms with E-state index in [1.807, 2.05) is 18.2 Å². The molecule has 4 rings (SSSR count). The van der Waals surface area contributed by atoms with Crippen molar-refractivity contribution < 1.29 is 0 Å². The van der Waals surface area contributed by atoms with Crippen LogP contribution in [0, 0.1) is 11.3 Å². The van der Waals surface area contributed by atoms with Crippen LogP contribution in [0.1, 0.15) is 24.4 Å². The van der Waals surface area contributed by atoms with E-state index in [-0.39, 0.29) is 0 Å². The second-order valence-corrected chi connectivity index (χ2v) is 7.42. The third-order valence-electron chi connectivity index (χ3n) is 3.52. The summed E-state index contributed by atoms with van der Waals surface area (Å²) in [5, 5.41) is 9.03. The van der Waals surface area contributed by atoms with Gasteiger partial charge in [-0.1, -0.05) is 0 Å². The number of fused-ring (bicyclic) bond motifs is 1. The largest absolute Gasteiger partial charge is 0.320 e. The number of imidazole rings is 1.